The maximum absolute atomic E-state index is 12.8. The van der Waals surface area contributed by atoms with Gasteiger partial charge in [0.15, 0.2) is 0 Å². The van der Waals surface area contributed by atoms with Crippen molar-refractivity contribution in [2.75, 3.05) is 37.8 Å². The normalized spacial score (nSPS) is 13.6. The summed E-state index contributed by atoms with van der Waals surface area (Å²) < 4.78 is 28.2. The third-order valence-electron chi connectivity index (χ3n) is 5.58. The van der Waals surface area contributed by atoms with Gasteiger partial charge >= 0.3 is 0 Å². The molecule has 1 aliphatic rings. The zero-order valence-electron chi connectivity index (χ0n) is 20.3. The minimum atomic E-state index is -3.64. The van der Waals surface area contributed by atoms with Gasteiger partial charge in [-0.1, -0.05) is 32.0 Å². The minimum Gasteiger partial charge on any atom is -0.325 e. The quantitative estimate of drug-likeness (QED) is 0.440. The van der Waals surface area contributed by atoms with Crippen LogP contribution < -0.4 is 15.4 Å². The predicted molar refractivity (Wildman–Crippen MR) is 137 cm³/mol. The molecule has 0 atom stereocenters. The van der Waals surface area contributed by atoms with Crippen molar-refractivity contribution in [3.63, 3.8) is 0 Å². The van der Waals surface area contributed by atoms with E-state index in [-0.39, 0.29) is 22.6 Å². The fraction of sp³-hybridized carbons (Fsp3) is 0.320. The fourth-order valence-electron chi connectivity index (χ4n) is 4.13. The Morgan fingerprint density at radius 2 is 1.80 bits per heavy atom. The molecule has 0 bridgehead atoms. The molecule has 2 heterocycles. The van der Waals surface area contributed by atoms with Crippen molar-refractivity contribution in [3.05, 3.63) is 60.3 Å². The molecular formula is C25H30N6O3S. The van der Waals surface area contributed by atoms with Crippen LogP contribution in [0.15, 0.2) is 59.6 Å². The average molecular weight is 495 g/mol. The Kier molecular flexibility index (Phi) is 6.88. The Morgan fingerprint density at radius 3 is 2.51 bits per heavy atom. The molecule has 1 amide bonds. The summed E-state index contributed by atoms with van der Waals surface area (Å²) in [5.41, 5.74) is 3.38. The van der Waals surface area contributed by atoms with Crippen molar-refractivity contribution < 1.29 is 13.2 Å². The first kappa shape index (κ1) is 24.8. The lowest BCUT2D eigenvalue weighted by Gasteiger charge is -2.28. The average Bonchev–Trinajstić information content (AvgIpc) is 2.93. The van der Waals surface area contributed by atoms with Crippen LogP contribution in [-0.4, -0.2) is 56.4 Å². The van der Waals surface area contributed by atoms with E-state index in [1.807, 2.05) is 57.1 Å². The van der Waals surface area contributed by atoms with E-state index in [0.717, 1.165) is 17.7 Å². The highest BCUT2D eigenvalue weighted by Gasteiger charge is 2.23. The number of hydrogen-bond acceptors (Lipinski definition) is 7. The molecule has 4 rings (SSSR count). The molecule has 9 nitrogen and oxygen atoms in total. The maximum atomic E-state index is 12.8. The molecule has 184 valence electrons. The van der Waals surface area contributed by atoms with Gasteiger partial charge in [0.25, 0.3) is 0 Å². The van der Waals surface area contributed by atoms with E-state index >= 15 is 0 Å². The van der Waals surface area contributed by atoms with Gasteiger partial charge in [0.1, 0.15) is 0 Å². The third-order valence-corrected chi connectivity index (χ3v) is 6.99. The van der Waals surface area contributed by atoms with Gasteiger partial charge in [-0.25, -0.2) is 23.1 Å². The Balaban J connectivity index is 1.50. The number of fused-ring (bicyclic) bond motifs is 3. The minimum absolute atomic E-state index is 0.115. The monoisotopic (exact) mass is 494 g/mol. The molecule has 3 N–H and O–H groups in total. The number of hydrogen-bond donors (Lipinski definition) is 3. The molecule has 10 heteroatoms. The molecule has 0 spiro atoms. The number of benzene rings is 2. The van der Waals surface area contributed by atoms with Gasteiger partial charge in [-0.15, -0.1) is 0 Å². The lowest BCUT2D eigenvalue weighted by Crippen LogP contribution is -2.39. The number of anilines is 3. The largest absolute Gasteiger partial charge is 0.325 e. The van der Waals surface area contributed by atoms with E-state index < -0.39 is 10.0 Å². The second kappa shape index (κ2) is 9.73. The van der Waals surface area contributed by atoms with Crippen LogP contribution in [0.1, 0.15) is 19.4 Å². The fourth-order valence-corrected chi connectivity index (χ4v) is 5.37. The van der Waals surface area contributed by atoms with Gasteiger partial charge in [-0.3, -0.25) is 4.79 Å². The number of nitrogens with one attached hydrogen (secondary N) is 3. The van der Waals surface area contributed by atoms with Gasteiger partial charge in [0.05, 0.1) is 22.7 Å². The summed E-state index contributed by atoms with van der Waals surface area (Å²) in [6.07, 6.45) is 1.83. The number of aromatic nitrogens is 2. The molecule has 3 aromatic rings. The molecule has 1 aromatic heterocycles. The lowest BCUT2D eigenvalue weighted by molar-refractivity contribution is -0.115. The van der Waals surface area contributed by atoms with E-state index in [0.29, 0.717) is 29.6 Å². The number of sulfonamides is 1. The lowest BCUT2D eigenvalue weighted by atomic mass is 9.93. The molecule has 1 aliphatic heterocycles. The first-order chi connectivity index (χ1) is 16.5. The first-order valence-electron chi connectivity index (χ1n) is 11.3. The topological polar surface area (TPSA) is 116 Å². The Bertz CT molecular complexity index is 1340. The second-order valence-corrected chi connectivity index (χ2v) is 11.5. The first-order valence-corrected chi connectivity index (χ1v) is 12.8. The summed E-state index contributed by atoms with van der Waals surface area (Å²) in [7, 11) is 0.286. The van der Waals surface area contributed by atoms with E-state index in [1.165, 1.54) is 0 Å². The van der Waals surface area contributed by atoms with E-state index in [4.69, 9.17) is 0 Å². The zero-order valence-corrected chi connectivity index (χ0v) is 21.1. The number of para-hydroxylation sites is 1. The number of carbonyl (C=O) groups excluding carboxylic acids is 1. The highest BCUT2D eigenvalue weighted by molar-refractivity contribution is 7.89. The number of carbonyl (C=O) groups is 1. The van der Waals surface area contributed by atoms with Crippen LogP contribution >= 0.6 is 0 Å². The van der Waals surface area contributed by atoms with Gasteiger partial charge in [0.2, 0.25) is 21.9 Å². The summed E-state index contributed by atoms with van der Waals surface area (Å²) in [5, 5.41) is 6.02. The molecule has 2 aromatic carbocycles. The summed E-state index contributed by atoms with van der Waals surface area (Å²) >= 11 is 0. The second-order valence-electron chi connectivity index (χ2n) is 9.71. The Labute approximate surface area is 206 Å². The van der Waals surface area contributed by atoms with Crippen molar-refractivity contribution in [2.24, 2.45) is 5.41 Å². The van der Waals surface area contributed by atoms with Gasteiger partial charge in [0, 0.05) is 36.1 Å². The van der Waals surface area contributed by atoms with Crippen molar-refractivity contribution in [1.82, 2.24) is 19.6 Å². The standard InChI is InChI=1S/C25H30N6O3S/c1-25(2,16-31(3)4)15-27-35(33,34)19-11-9-18(10-12-19)28-24-26-14-17-13-22(32)29-21-8-6-5-7-20(21)23(17)30-24/h5-12,14,27H,13,15-16H2,1-4H3,(H,29,32)(H,26,28,30). The Morgan fingerprint density at radius 1 is 1.09 bits per heavy atom. The zero-order chi connectivity index (χ0) is 25.2. The summed E-state index contributed by atoms with van der Waals surface area (Å²) in [5.74, 6) is 0.239. The van der Waals surface area contributed by atoms with Crippen molar-refractivity contribution >= 4 is 33.3 Å². The number of amides is 1. The van der Waals surface area contributed by atoms with Crippen LogP contribution in [0.2, 0.25) is 0 Å². The van der Waals surface area contributed by atoms with Crippen LogP contribution in [0.5, 0.6) is 0 Å². The van der Waals surface area contributed by atoms with E-state index in [2.05, 4.69) is 25.3 Å². The van der Waals surface area contributed by atoms with Crippen LogP contribution in [0.4, 0.5) is 17.3 Å². The highest BCUT2D eigenvalue weighted by Crippen LogP contribution is 2.33. The summed E-state index contributed by atoms with van der Waals surface area (Å²) in [6, 6.07) is 13.9. The maximum Gasteiger partial charge on any atom is 0.240 e. The molecule has 0 radical (unpaired) electrons. The SMILES string of the molecule is CN(C)CC(C)(C)CNS(=O)(=O)c1ccc(Nc2ncc3c(n2)-c2ccccc2NC(=O)C3)cc1. The molecule has 0 fully saturated rings. The number of rotatable bonds is 8. The van der Waals surface area contributed by atoms with E-state index in [9.17, 15) is 13.2 Å². The molecular weight excluding hydrogens is 464 g/mol. The smallest absolute Gasteiger partial charge is 0.240 e. The predicted octanol–water partition coefficient (Wildman–Crippen LogP) is 3.25. The van der Waals surface area contributed by atoms with Crippen LogP contribution in [-0.2, 0) is 21.2 Å². The molecule has 0 saturated heterocycles. The van der Waals surface area contributed by atoms with Crippen LogP contribution in [0.3, 0.4) is 0 Å². The van der Waals surface area contributed by atoms with Crippen molar-refractivity contribution in [2.45, 2.75) is 25.2 Å². The Hall–Kier alpha value is -3.34. The van der Waals surface area contributed by atoms with Crippen molar-refractivity contribution in [1.29, 1.82) is 0 Å². The molecule has 35 heavy (non-hydrogen) atoms. The molecule has 0 unspecified atom stereocenters. The van der Waals surface area contributed by atoms with Crippen LogP contribution in [0, 0.1) is 5.41 Å². The van der Waals surface area contributed by atoms with Crippen LogP contribution in [0.25, 0.3) is 11.3 Å². The van der Waals surface area contributed by atoms with Gasteiger partial charge in [-0.05, 0) is 49.8 Å². The van der Waals surface area contributed by atoms with Gasteiger partial charge < -0.3 is 15.5 Å². The molecule has 0 aliphatic carbocycles. The van der Waals surface area contributed by atoms with Gasteiger partial charge in [-0.2, -0.15) is 0 Å². The summed E-state index contributed by atoms with van der Waals surface area (Å²) in [6.45, 7) is 5.13. The van der Waals surface area contributed by atoms with Crippen molar-refractivity contribution in [3.8, 4) is 11.3 Å². The number of nitrogens with zero attached hydrogens (tertiary/aromatic N) is 3. The van der Waals surface area contributed by atoms with E-state index in [1.54, 1.807) is 30.5 Å². The highest BCUT2D eigenvalue weighted by atomic mass is 32.2. The summed E-state index contributed by atoms with van der Waals surface area (Å²) in [4.78, 5) is 23.4. The third kappa shape index (κ3) is 6.02. The molecule has 0 saturated carbocycles.